The average molecular weight is 591 g/mol. The van der Waals surface area contributed by atoms with E-state index in [-0.39, 0.29) is 11.5 Å². The van der Waals surface area contributed by atoms with Gasteiger partial charge in [0.25, 0.3) is 0 Å². The molecule has 3 aliphatic rings. The second-order valence-electron chi connectivity index (χ2n) is 9.58. The first-order valence-corrected chi connectivity index (χ1v) is 12.7. The highest BCUT2D eigenvalue weighted by atomic mass is 16.8. The second kappa shape index (κ2) is 13.7. The summed E-state index contributed by atoms with van der Waals surface area (Å²) in [4.78, 5) is 12.8. The number of hydrogen-bond donors (Lipinski definition) is 8. The van der Waals surface area contributed by atoms with E-state index in [9.17, 15) is 45.6 Å². The third kappa shape index (κ3) is 6.96. The van der Waals surface area contributed by atoms with Crippen LogP contribution in [0.3, 0.4) is 0 Å². The van der Waals surface area contributed by atoms with Crippen LogP contribution in [0.2, 0.25) is 0 Å². The number of aliphatic hydroxyl groups excluding tert-OH is 7. The number of aromatic hydroxyl groups is 1. The molecule has 230 valence electrons. The Morgan fingerprint density at radius 2 is 1.56 bits per heavy atom. The van der Waals surface area contributed by atoms with Gasteiger partial charge >= 0.3 is 5.97 Å². The van der Waals surface area contributed by atoms with Crippen LogP contribution in [0.15, 0.2) is 24.3 Å². The number of methoxy groups -OCH3 is 1. The largest absolute Gasteiger partial charge is 0.504 e. The van der Waals surface area contributed by atoms with Crippen LogP contribution in [0.5, 0.6) is 11.5 Å². The summed E-state index contributed by atoms with van der Waals surface area (Å²) in [6.45, 7) is -1.74. The minimum absolute atomic E-state index is 0.105. The first-order valence-electron chi connectivity index (χ1n) is 12.7. The Hall–Kier alpha value is -2.45. The second-order valence-corrected chi connectivity index (χ2v) is 9.58. The number of ether oxygens (including phenoxy) is 7. The maximum atomic E-state index is 12.8. The summed E-state index contributed by atoms with van der Waals surface area (Å²) in [5, 5.41) is 78.9. The third-order valence-corrected chi connectivity index (χ3v) is 6.87. The van der Waals surface area contributed by atoms with Gasteiger partial charge in [0.05, 0.1) is 26.9 Å². The van der Waals surface area contributed by atoms with Crippen molar-refractivity contribution in [2.45, 2.75) is 73.8 Å². The number of carbonyl (C=O) groups is 1. The van der Waals surface area contributed by atoms with Gasteiger partial charge in [0.2, 0.25) is 0 Å². The molecule has 0 saturated carbocycles. The molecule has 1 aromatic carbocycles. The van der Waals surface area contributed by atoms with Crippen LogP contribution in [-0.4, -0.2) is 148 Å². The van der Waals surface area contributed by atoms with Gasteiger partial charge in [-0.3, -0.25) is 0 Å². The highest BCUT2D eigenvalue weighted by molar-refractivity contribution is 5.87. The fraction of sp³-hybridized carbons (Fsp3) is 0.640. The van der Waals surface area contributed by atoms with Crippen molar-refractivity contribution in [1.29, 1.82) is 0 Å². The number of esters is 1. The Morgan fingerprint density at radius 3 is 2.17 bits per heavy atom. The molecule has 1 aromatic rings. The topological polar surface area (TPSA) is 244 Å². The molecule has 3 heterocycles. The first kappa shape index (κ1) is 31.5. The number of benzene rings is 1. The fourth-order valence-electron chi connectivity index (χ4n) is 4.59. The van der Waals surface area contributed by atoms with E-state index in [0.29, 0.717) is 5.56 Å². The van der Waals surface area contributed by atoms with Gasteiger partial charge in [0.1, 0.15) is 48.8 Å². The van der Waals surface area contributed by atoms with Crippen molar-refractivity contribution in [3.8, 4) is 11.5 Å². The monoisotopic (exact) mass is 590 g/mol. The average Bonchev–Trinajstić information content (AvgIpc) is 3.53. The minimum Gasteiger partial charge on any atom is -0.504 e. The van der Waals surface area contributed by atoms with Gasteiger partial charge in [0, 0.05) is 6.08 Å². The van der Waals surface area contributed by atoms with Crippen LogP contribution >= 0.6 is 0 Å². The number of aliphatic hydroxyl groups is 7. The molecule has 8 N–H and O–H groups in total. The van der Waals surface area contributed by atoms with Crippen LogP contribution in [0.1, 0.15) is 5.56 Å². The molecule has 0 aromatic heterocycles. The Morgan fingerprint density at radius 1 is 0.878 bits per heavy atom. The molecule has 0 bridgehead atoms. The molecule has 3 fully saturated rings. The van der Waals surface area contributed by atoms with E-state index in [0.717, 1.165) is 6.08 Å². The van der Waals surface area contributed by atoms with Crippen LogP contribution < -0.4 is 4.74 Å². The number of rotatable bonds is 11. The normalized spacial score (nSPS) is 39.0. The van der Waals surface area contributed by atoms with E-state index >= 15 is 0 Å². The molecule has 12 atom stereocenters. The molecule has 0 amide bonds. The molecule has 16 heteroatoms. The molecule has 0 radical (unpaired) electrons. The van der Waals surface area contributed by atoms with Gasteiger partial charge in [-0.15, -0.1) is 0 Å². The van der Waals surface area contributed by atoms with Gasteiger partial charge in [-0.05, 0) is 23.8 Å². The molecule has 41 heavy (non-hydrogen) atoms. The van der Waals surface area contributed by atoms with Crippen molar-refractivity contribution in [2.24, 2.45) is 0 Å². The molecular formula is C25H34O16. The molecule has 3 saturated heterocycles. The predicted molar refractivity (Wildman–Crippen MR) is 131 cm³/mol. The zero-order valence-corrected chi connectivity index (χ0v) is 21.8. The first-order chi connectivity index (χ1) is 19.6. The number of phenolic OH excluding ortho intramolecular Hbond substituents is 1. The Balaban J connectivity index is 1.51. The molecule has 0 aliphatic carbocycles. The lowest BCUT2D eigenvalue weighted by Gasteiger charge is -2.27. The van der Waals surface area contributed by atoms with Gasteiger partial charge < -0.3 is 74.0 Å². The van der Waals surface area contributed by atoms with Gasteiger partial charge in [0.15, 0.2) is 36.5 Å². The maximum Gasteiger partial charge on any atom is 0.331 e. The standard InChI is InChI=1S/C25H34O16/c1-35-12-6-10(2-4-11(12)28)3-5-16(29)40-22-21(41-24-20(33)17(30)13(7-26)38-24)14(8-27)39-25(22)36-9-15-18(31)19(32)23(34)37-15/h2-6,13-15,17-28,30-34H,7-9H2,1H3/t13-,14-,15-,17-,18-,19+,20+,21-,22+,23-,24-,25+/m0/s1. The summed E-state index contributed by atoms with van der Waals surface area (Å²) >= 11 is 0. The molecule has 16 nitrogen and oxygen atoms in total. The van der Waals surface area contributed by atoms with Crippen LogP contribution in [0.4, 0.5) is 0 Å². The summed E-state index contributed by atoms with van der Waals surface area (Å²) in [7, 11) is 1.36. The van der Waals surface area contributed by atoms with E-state index in [1.54, 1.807) is 0 Å². The van der Waals surface area contributed by atoms with Gasteiger partial charge in [-0.2, -0.15) is 0 Å². The van der Waals surface area contributed by atoms with E-state index < -0.39 is 99.6 Å². The summed E-state index contributed by atoms with van der Waals surface area (Å²) in [5.41, 5.74) is 0.476. The SMILES string of the molecule is COc1cc(C=CC(=O)O[C@H]2[C@H](OC[C@@H]3O[C@H](O)[C@H](O)[C@H]3O)O[C@@H](CO)[C@@H]2O[C@@H]2O[C@@H](CO)[C@H](O)[C@H]2O)ccc1O. The van der Waals surface area contributed by atoms with Crippen LogP contribution in [0, 0.1) is 0 Å². The number of phenols is 1. The summed E-state index contributed by atoms with van der Waals surface area (Å²) < 4.78 is 38.0. The molecule has 4 rings (SSSR count). The van der Waals surface area contributed by atoms with Crippen molar-refractivity contribution in [3.63, 3.8) is 0 Å². The van der Waals surface area contributed by atoms with Gasteiger partial charge in [-0.25, -0.2) is 4.79 Å². The van der Waals surface area contributed by atoms with Crippen molar-refractivity contribution < 1.29 is 78.8 Å². The van der Waals surface area contributed by atoms with Gasteiger partial charge in [-0.1, -0.05) is 6.07 Å². The predicted octanol–water partition coefficient (Wildman–Crippen LogP) is -3.68. The van der Waals surface area contributed by atoms with Crippen molar-refractivity contribution in [3.05, 3.63) is 29.8 Å². The van der Waals surface area contributed by atoms with E-state index in [1.807, 2.05) is 0 Å². The molecule has 0 unspecified atom stereocenters. The van der Waals surface area contributed by atoms with E-state index in [2.05, 4.69) is 0 Å². The molecule has 0 spiro atoms. The zero-order chi connectivity index (χ0) is 29.8. The maximum absolute atomic E-state index is 12.8. The lowest BCUT2D eigenvalue weighted by molar-refractivity contribution is -0.222. The number of hydrogen-bond acceptors (Lipinski definition) is 16. The summed E-state index contributed by atoms with van der Waals surface area (Å²) in [6, 6.07) is 4.34. The van der Waals surface area contributed by atoms with Crippen molar-refractivity contribution in [2.75, 3.05) is 26.9 Å². The fourth-order valence-corrected chi connectivity index (χ4v) is 4.59. The highest BCUT2D eigenvalue weighted by Crippen LogP contribution is 2.33. The Kier molecular flexibility index (Phi) is 10.5. The summed E-state index contributed by atoms with van der Waals surface area (Å²) in [6.07, 6.45) is -14.7. The lowest BCUT2D eigenvalue weighted by atomic mass is 10.1. The highest BCUT2D eigenvalue weighted by Gasteiger charge is 2.53. The zero-order valence-electron chi connectivity index (χ0n) is 21.8. The third-order valence-electron chi connectivity index (χ3n) is 6.87. The Bertz CT molecular complexity index is 1050. The molecular weight excluding hydrogens is 556 g/mol. The Labute approximate surface area is 233 Å². The minimum atomic E-state index is -1.66. The van der Waals surface area contributed by atoms with Crippen molar-refractivity contribution >= 4 is 12.0 Å². The van der Waals surface area contributed by atoms with Crippen molar-refractivity contribution in [1.82, 2.24) is 0 Å². The lowest BCUT2D eigenvalue weighted by Crippen LogP contribution is -2.45. The van der Waals surface area contributed by atoms with E-state index in [4.69, 9.17) is 33.2 Å². The smallest absolute Gasteiger partial charge is 0.331 e. The summed E-state index contributed by atoms with van der Waals surface area (Å²) in [5.74, 6) is -0.857. The van der Waals surface area contributed by atoms with E-state index in [1.165, 1.54) is 31.4 Å². The van der Waals surface area contributed by atoms with Crippen LogP contribution in [0.25, 0.3) is 6.08 Å². The van der Waals surface area contributed by atoms with Crippen LogP contribution in [-0.2, 0) is 33.2 Å². The number of carbonyl (C=O) groups excluding carboxylic acids is 1. The quantitative estimate of drug-likeness (QED) is 0.0914. The molecule has 3 aliphatic heterocycles.